The lowest BCUT2D eigenvalue weighted by Crippen LogP contribution is -1.96. The third kappa shape index (κ3) is 2.36. The fourth-order valence-corrected chi connectivity index (χ4v) is 1.02. The summed E-state index contributed by atoms with van der Waals surface area (Å²) in [7, 11) is 0. The highest BCUT2D eigenvalue weighted by atomic mass is 35.5. The average Bonchev–Trinajstić information content (AvgIpc) is 1.88. The van der Waals surface area contributed by atoms with Crippen LogP contribution in [0, 0.1) is 0 Å². The van der Waals surface area contributed by atoms with Crippen molar-refractivity contribution in [1.82, 2.24) is 4.98 Å². The third-order valence-electron chi connectivity index (χ3n) is 1.27. The Hall–Kier alpha value is -0.560. The van der Waals surface area contributed by atoms with E-state index in [0.717, 1.165) is 6.42 Å². The molecule has 0 unspecified atom stereocenters. The van der Waals surface area contributed by atoms with E-state index in [9.17, 15) is 0 Å². The highest BCUT2D eigenvalue weighted by Gasteiger charge is 1.96. The minimum absolute atomic E-state index is 0.211. The van der Waals surface area contributed by atoms with E-state index in [4.69, 9.17) is 11.6 Å². The van der Waals surface area contributed by atoms with Gasteiger partial charge in [0.05, 0.1) is 0 Å². The molecule has 0 amide bonds. The van der Waals surface area contributed by atoms with Gasteiger partial charge in [0.25, 0.3) is 0 Å². The lowest BCUT2D eigenvalue weighted by atomic mass is 10.2. The lowest BCUT2D eigenvalue weighted by Gasteiger charge is -2.00. The molecule has 0 aliphatic heterocycles. The zero-order chi connectivity index (χ0) is 7.40. The molecule has 1 atom stereocenters. The van der Waals surface area contributed by atoms with Crippen LogP contribution in [0.2, 0.25) is 0 Å². The van der Waals surface area contributed by atoms with Gasteiger partial charge in [-0.1, -0.05) is 0 Å². The summed E-state index contributed by atoms with van der Waals surface area (Å²) in [6.07, 6.45) is 4.49. The Morgan fingerprint density at radius 3 is 2.60 bits per heavy atom. The van der Waals surface area contributed by atoms with Crippen LogP contribution in [0.1, 0.15) is 12.5 Å². The molecule has 0 N–H and O–H groups in total. The van der Waals surface area contributed by atoms with Crippen molar-refractivity contribution in [2.24, 2.45) is 0 Å². The first kappa shape index (κ1) is 7.55. The summed E-state index contributed by atoms with van der Waals surface area (Å²) >= 11 is 5.79. The van der Waals surface area contributed by atoms with Crippen molar-refractivity contribution < 1.29 is 0 Å². The highest BCUT2D eigenvalue weighted by molar-refractivity contribution is 6.20. The van der Waals surface area contributed by atoms with Gasteiger partial charge >= 0.3 is 0 Å². The lowest BCUT2D eigenvalue weighted by molar-refractivity contribution is 0.927. The molecule has 0 aliphatic carbocycles. The second-order valence-electron chi connectivity index (χ2n) is 2.34. The van der Waals surface area contributed by atoms with Gasteiger partial charge < -0.3 is 0 Å². The number of pyridine rings is 1. The summed E-state index contributed by atoms with van der Waals surface area (Å²) in [5.41, 5.74) is 1.25. The predicted molar refractivity (Wildman–Crippen MR) is 43.3 cm³/mol. The molecule has 0 saturated carbocycles. The Morgan fingerprint density at radius 1 is 1.50 bits per heavy atom. The van der Waals surface area contributed by atoms with E-state index >= 15 is 0 Å². The number of halogens is 1. The van der Waals surface area contributed by atoms with Gasteiger partial charge in [-0.3, -0.25) is 4.98 Å². The first-order valence-corrected chi connectivity index (χ1v) is 3.75. The fraction of sp³-hybridized carbons (Fsp3) is 0.375. The van der Waals surface area contributed by atoms with Gasteiger partial charge in [-0.2, -0.15) is 0 Å². The number of aromatic nitrogens is 1. The van der Waals surface area contributed by atoms with Crippen LogP contribution in [0.25, 0.3) is 0 Å². The smallest absolute Gasteiger partial charge is 0.0348 e. The fourth-order valence-electron chi connectivity index (χ4n) is 0.844. The molecule has 0 aromatic carbocycles. The third-order valence-corrected chi connectivity index (χ3v) is 1.42. The van der Waals surface area contributed by atoms with Crippen LogP contribution in [-0.2, 0) is 6.42 Å². The van der Waals surface area contributed by atoms with Crippen molar-refractivity contribution in [3.63, 3.8) is 0 Å². The molecule has 1 aromatic heterocycles. The van der Waals surface area contributed by atoms with Crippen molar-refractivity contribution in [2.75, 3.05) is 0 Å². The maximum Gasteiger partial charge on any atom is 0.0348 e. The van der Waals surface area contributed by atoms with Gasteiger partial charge in [0.1, 0.15) is 0 Å². The number of hydrogen-bond donors (Lipinski definition) is 0. The minimum atomic E-state index is 0.211. The van der Waals surface area contributed by atoms with Gasteiger partial charge in [-0.15, -0.1) is 11.6 Å². The number of rotatable bonds is 2. The first-order chi connectivity index (χ1) is 4.79. The highest BCUT2D eigenvalue weighted by Crippen LogP contribution is 2.05. The molecule has 10 heavy (non-hydrogen) atoms. The van der Waals surface area contributed by atoms with Crippen LogP contribution in [0.5, 0.6) is 0 Å². The van der Waals surface area contributed by atoms with E-state index < -0.39 is 0 Å². The number of hydrogen-bond acceptors (Lipinski definition) is 1. The molecule has 1 aromatic rings. The Kier molecular flexibility index (Phi) is 2.69. The van der Waals surface area contributed by atoms with Crippen LogP contribution in [0.15, 0.2) is 24.5 Å². The molecule has 0 aliphatic rings. The zero-order valence-electron chi connectivity index (χ0n) is 5.92. The Bertz CT molecular complexity index is 184. The van der Waals surface area contributed by atoms with Crippen molar-refractivity contribution in [3.8, 4) is 0 Å². The van der Waals surface area contributed by atoms with Crippen LogP contribution >= 0.6 is 11.6 Å². The summed E-state index contributed by atoms with van der Waals surface area (Å²) in [6, 6.07) is 3.97. The second kappa shape index (κ2) is 3.57. The maximum atomic E-state index is 5.79. The van der Waals surface area contributed by atoms with Crippen LogP contribution in [0.4, 0.5) is 0 Å². The van der Waals surface area contributed by atoms with E-state index in [1.807, 2.05) is 19.1 Å². The van der Waals surface area contributed by atoms with Crippen LogP contribution in [0.3, 0.4) is 0 Å². The minimum Gasteiger partial charge on any atom is -0.265 e. The quantitative estimate of drug-likeness (QED) is 0.597. The number of alkyl halides is 1. The van der Waals surface area contributed by atoms with Gasteiger partial charge in [0.2, 0.25) is 0 Å². The Balaban J connectivity index is 2.59. The van der Waals surface area contributed by atoms with Crippen molar-refractivity contribution >= 4 is 11.6 Å². The molecular formula is C8H10ClN. The van der Waals surface area contributed by atoms with Gasteiger partial charge in [0.15, 0.2) is 0 Å². The van der Waals surface area contributed by atoms with E-state index in [0.29, 0.717) is 0 Å². The van der Waals surface area contributed by atoms with Crippen LogP contribution in [-0.4, -0.2) is 10.4 Å². The van der Waals surface area contributed by atoms with Gasteiger partial charge in [0, 0.05) is 17.8 Å². The average molecular weight is 156 g/mol. The summed E-state index contributed by atoms with van der Waals surface area (Å²) < 4.78 is 0. The summed E-state index contributed by atoms with van der Waals surface area (Å²) in [5.74, 6) is 0. The zero-order valence-corrected chi connectivity index (χ0v) is 6.67. The largest absolute Gasteiger partial charge is 0.265 e. The molecule has 0 spiro atoms. The molecule has 0 radical (unpaired) electrons. The van der Waals surface area contributed by atoms with Gasteiger partial charge in [-0.05, 0) is 31.0 Å². The monoisotopic (exact) mass is 155 g/mol. The predicted octanol–water partition coefficient (Wildman–Crippen LogP) is 2.25. The second-order valence-corrected chi connectivity index (χ2v) is 3.09. The molecule has 0 saturated heterocycles. The van der Waals surface area contributed by atoms with E-state index in [1.165, 1.54) is 5.56 Å². The van der Waals surface area contributed by atoms with E-state index in [1.54, 1.807) is 12.4 Å². The molecule has 0 bridgehead atoms. The van der Waals surface area contributed by atoms with Crippen LogP contribution < -0.4 is 0 Å². The van der Waals surface area contributed by atoms with Crippen molar-refractivity contribution in [1.29, 1.82) is 0 Å². The molecule has 2 heteroatoms. The summed E-state index contributed by atoms with van der Waals surface area (Å²) in [6.45, 7) is 1.99. The van der Waals surface area contributed by atoms with E-state index in [-0.39, 0.29) is 5.38 Å². The summed E-state index contributed by atoms with van der Waals surface area (Å²) in [5, 5.41) is 0.211. The molecule has 1 rings (SSSR count). The standard InChI is InChI=1S/C8H10ClN/c1-7(9)6-8-2-4-10-5-3-8/h2-5,7H,6H2,1H3/t7-/m1/s1. The van der Waals surface area contributed by atoms with Crippen molar-refractivity contribution in [3.05, 3.63) is 30.1 Å². The topological polar surface area (TPSA) is 12.9 Å². The van der Waals surface area contributed by atoms with Crippen molar-refractivity contribution in [2.45, 2.75) is 18.7 Å². The Morgan fingerprint density at radius 2 is 2.10 bits per heavy atom. The molecule has 1 heterocycles. The number of nitrogens with zero attached hydrogens (tertiary/aromatic N) is 1. The SMILES string of the molecule is C[C@@H](Cl)Cc1ccncc1. The molecule has 54 valence electrons. The van der Waals surface area contributed by atoms with Gasteiger partial charge in [-0.25, -0.2) is 0 Å². The normalized spacial score (nSPS) is 13.0. The molecular weight excluding hydrogens is 146 g/mol. The maximum absolute atomic E-state index is 5.79. The van der Waals surface area contributed by atoms with E-state index in [2.05, 4.69) is 4.98 Å². The molecule has 1 nitrogen and oxygen atoms in total. The molecule has 0 fully saturated rings. The summed E-state index contributed by atoms with van der Waals surface area (Å²) in [4.78, 5) is 3.91. The Labute approximate surface area is 66.0 Å². The first-order valence-electron chi connectivity index (χ1n) is 3.32.